The van der Waals surface area contributed by atoms with Crippen molar-refractivity contribution in [1.82, 2.24) is 0 Å². The summed E-state index contributed by atoms with van der Waals surface area (Å²) in [5.74, 6) is 0.996. The Morgan fingerprint density at radius 1 is 1.15 bits per heavy atom. The molecule has 80 valence electrons. The first-order valence-electron chi connectivity index (χ1n) is 5.08. The van der Waals surface area contributed by atoms with E-state index in [2.05, 4.69) is 34.6 Å². The number of aliphatic hydroxyl groups is 2. The lowest BCUT2D eigenvalue weighted by molar-refractivity contribution is 0.0385. The van der Waals surface area contributed by atoms with Gasteiger partial charge in [0, 0.05) is 0 Å². The molecule has 2 N–H and O–H groups in total. The van der Waals surface area contributed by atoms with Crippen LogP contribution in [0, 0.1) is 17.3 Å². The molecule has 0 heterocycles. The lowest BCUT2D eigenvalue weighted by atomic mass is 9.71. The van der Waals surface area contributed by atoms with Gasteiger partial charge in [0.05, 0.1) is 12.7 Å². The second-order valence-corrected chi connectivity index (χ2v) is 5.29. The van der Waals surface area contributed by atoms with Gasteiger partial charge in [-0.05, 0) is 23.7 Å². The van der Waals surface area contributed by atoms with Gasteiger partial charge < -0.3 is 10.2 Å². The van der Waals surface area contributed by atoms with Crippen molar-refractivity contribution < 1.29 is 10.2 Å². The van der Waals surface area contributed by atoms with Crippen LogP contribution in [-0.2, 0) is 0 Å². The number of aliphatic hydroxyl groups excluding tert-OH is 2. The number of rotatable bonds is 4. The zero-order valence-electron chi connectivity index (χ0n) is 9.54. The third-order valence-corrected chi connectivity index (χ3v) is 2.65. The molecule has 0 spiro atoms. The summed E-state index contributed by atoms with van der Waals surface area (Å²) in [6, 6.07) is 0. The molecular weight excluding hydrogens is 164 g/mol. The Morgan fingerprint density at radius 2 is 1.62 bits per heavy atom. The highest BCUT2D eigenvalue weighted by Gasteiger charge is 2.28. The van der Waals surface area contributed by atoms with E-state index in [4.69, 9.17) is 5.11 Å². The molecule has 2 unspecified atom stereocenters. The minimum absolute atomic E-state index is 0.126. The summed E-state index contributed by atoms with van der Waals surface area (Å²) in [4.78, 5) is 0. The zero-order chi connectivity index (χ0) is 10.6. The zero-order valence-corrected chi connectivity index (χ0v) is 9.54. The molecule has 2 nitrogen and oxygen atoms in total. The van der Waals surface area contributed by atoms with Crippen LogP contribution in [0.4, 0.5) is 0 Å². The topological polar surface area (TPSA) is 40.5 Å². The second-order valence-electron chi connectivity index (χ2n) is 5.29. The maximum Gasteiger partial charge on any atom is 0.0773 e. The molecule has 0 aliphatic carbocycles. The molecule has 0 fully saturated rings. The van der Waals surface area contributed by atoms with Crippen LogP contribution in [0.3, 0.4) is 0 Å². The second kappa shape index (κ2) is 4.97. The van der Waals surface area contributed by atoms with E-state index >= 15 is 0 Å². The Kier molecular flexibility index (Phi) is 4.93. The quantitative estimate of drug-likeness (QED) is 0.709. The van der Waals surface area contributed by atoms with Crippen molar-refractivity contribution in [3.05, 3.63) is 0 Å². The van der Waals surface area contributed by atoms with E-state index in [-0.39, 0.29) is 12.0 Å². The fourth-order valence-electron chi connectivity index (χ4n) is 1.99. The molecule has 0 saturated heterocycles. The summed E-state index contributed by atoms with van der Waals surface area (Å²) in [6.45, 7) is 10.8. The Balaban J connectivity index is 4.28. The minimum Gasteiger partial charge on any atom is -0.394 e. The minimum atomic E-state index is -0.563. The summed E-state index contributed by atoms with van der Waals surface area (Å²) in [7, 11) is 0. The van der Waals surface area contributed by atoms with Gasteiger partial charge in [-0.2, -0.15) is 0 Å². The van der Waals surface area contributed by atoms with E-state index in [0.717, 1.165) is 0 Å². The van der Waals surface area contributed by atoms with Crippen LogP contribution in [0.5, 0.6) is 0 Å². The standard InChI is InChI=1S/C11H24O2/c1-8(2)10(11(3,4)5)6-9(13)7-12/h8-10,12-13H,6-7H2,1-5H3. The summed E-state index contributed by atoms with van der Waals surface area (Å²) in [5, 5.41) is 18.2. The van der Waals surface area contributed by atoms with Crippen LogP contribution in [0.2, 0.25) is 0 Å². The predicted molar refractivity (Wildman–Crippen MR) is 55.5 cm³/mol. The average Bonchev–Trinajstić information content (AvgIpc) is 1.96. The van der Waals surface area contributed by atoms with E-state index in [1.807, 2.05) is 0 Å². The number of hydrogen-bond donors (Lipinski definition) is 2. The maximum absolute atomic E-state index is 9.39. The van der Waals surface area contributed by atoms with E-state index < -0.39 is 6.10 Å². The SMILES string of the molecule is CC(C)C(CC(O)CO)C(C)(C)C. The van der Waals surface area contributed by atoms with Gasteiger partial charge in [0.25, 0.3) is 0 Å². The Hall–Kier alpha value is -0.0800. The first-order chi connectivity index (χ1) is 5.79. The van der Waals surface area contributed by atoms with Gasteiger partial charge in [0.15, 0.2) is 0 Å². The van der Waals surface area contributed by atoms with Crippen molar-refractivity contribution in [3.8, 4) is 0 Å². The summed E-state index contributed by atoms with van der Waals surface area (Å²) in [6.07, 6.45) is 0.129. The van der Waals surface area contributed by atoms with Crippen LogP contribution in [-0.4, -0.2) is 22.9 Å². The van der Waals surface area contributed by atoms with E-state index in [9.17, 15) is 5.11 Å². The van der Waals surface area contributed by atoms with Gasteiger partial charge >= 0.3 is 0 Å². The largest absolute Gasteiger partial charge is 0.394 e. The van der Waals surface area contributed by atoms with Crippen molar-refractivity contribution in [3.63, 3.8) is 0 Å². The lowest BCUT2D eigenvalue weighted by Gasteiger charge is -2.35. The highest BCUT2D eigenvalue weighted by atomic mass is 16.3. The number of hydrogen-bond acceptors (Lipinski definition) is 2. The molecule has 0 amide bonds. The predicted octanol–water partition coefficient (Wildman–Crippen LogP) is 2.05. The maximum atomic E-state index is 9.39. The highest BCUT2D eigenvalue weighted by molar-refractivity contribution is 4.78. The van der Waals surface area contributed by atoms with Crippen LogP contribution in [0.25, 0.3) is 0 Å². The van der Waals surface area contributed by atoms with Gasteiger partial charge in [-0.25, -0.2) is 0 Å². The van der Waals surface area contributed by atoms with E-state index in [1.54, 1.807) is 0 Å². The summed E-state index contributed by atoms with van der Waals surface area (Å²) in [5.41, 5.74) is 0.199. The monoisotopic (exact) mass is 188 g/mol. The van der Waals surface area contributed by atoms with Crippen molar-refractivity contribution in [2.45, 2.75) is 47.1 Å². The van der Waals surface area contributed by atoms with Gasteiger partial charge in [0.2, 0.25) is 0 Å². The first-order valence-corrected chi connectivity index (χ1v) is 5.08. The molecule has 0 bridgehead atoms. The average molecular weight is 188 g/mol. The molecule has 0 aromatic heterocycles. The molecule has 2 atom stereocenters. The van der Waals surface area contributed by atoms with Gasteiger partial charge in [-0.15, -0.1) is 0 Å². The van der Waals surface area contributed by atoms with Gasteiger partial charge in [-0.3, -0.25) is 0 Å². The summed E-state index contributed by atoms with van der Waals surface area (Å²) < 4.78 is 0. The molecule has 0 saturated carbocycles. The van der Waals surface area contributed by atoms with Crippen LogP contribution in [0.15, 0.2) is 0 Å². The molecule has 0 aromatic carbocycles. The van der Waals surface area contributed by atoms with Crippen molar-refractivity contribution >= 4 is 0 Å². The van der Waals surface area contributed by atoms with Crippen molar-refractivity contribution in [2.75, 3.05) is 6.61 Å². The Bertz CT molecular complexity index is 136. The lowest BCUT2D eigenvalue weighted by Crippen LogP contribution is -2.30. The molecule has 0 rings (SSSR count). The molecule has 13 heavy (non-hydrogen) atoms. The molecule has 0 aliphatic heterocycles. The smallest absolute Gasteiger partial charge is 0.0773 e. The molecule has 0 aliphatic rings. The normalized spacial score (nSPS) is 17.5. The fourth-order valence-corrected chi connectivity index (χ4v) is 1.99. The van der Waals surface area contributed by atoms with Crippen LogP contribution in [0.1, 0.15) is 41.0 Å². The van der Waals surface area contributed by atoms with Crippen LogP contribution >= 0.6 is 0 Å². The van der Waals surface area contributed by atoms with E-state index in [1.165, 1.54) is 0 Å². The Morgan fingerprint density at radius 3 is 1.85 bits per heavy atom. The molecule has 0 aromatic rings. The van der Waals surface area contributed by atoms with Gasteiger partial charge in [0.1, 0.15) is 0 Å². The summed E-state index contributed by atoms with van der Waals surface area (Å²) >= 11 is 0. The highest BCUT2D eigenvalue weighted by Crippen LogP contribution is 2.35. The molecular formula is C11H24O2. The van der Waals surface area contributed by atoms with Crippen LogP contribution < -0.4 is 0 Å². The third-order valence-electron chi connectivity index (χ3n) is 2.65. The van der Waals surface area contributed by atoms with Crippen molar-refractivity contribution in [1.29, 1.82) is 0 Å². The Labute approximate surface area is 82.0 Å². The fraction of sp³-hybridized carbons (Fsp3) is 1.00. The van der Waals surface area contributed by atoms with Gasteiger partial charge in [-0.1, -0.05) is 34.6 Å². The van der Waals surface area contributed by atoms with E-state index in [0.29, 0.717) is 18.3 Å². The first kappa shape index (κ1) is 12.9. The van der Waals surface area contributed by atoms with Crippen molar-refractivity contribution in [2.24, 2.45) is 17.3 Å². The molecule has 0 radical (unpaired) electrons. The molecule has 2 heteroatoms. The third kappa shape index (κ3) is 4.63.